The fourth-order valence-electron chi connectivity index (χ4n) is 2.74. The van der Waals surface area contributed by atoms with Crippen LogP contribution < -0.4 is 0 Å². The van der Waals surface area contributed by atoms with Gasteiger partial charge in [0.25, 0.3) is 0 Å². The van der Waals surface area contributed by atoms with Crippen LogP contribution >= 0.6 is 0 Å². The molecule has 1 N–H and O–H groups in total. The summed E-state index contributed by atoms with van der Waals surface area (Å²) in [7, 11) is 0. The first-order valence-electron chi connectivity index (χ1n) is 7.12. The van der Waals surface area contributed by atoms with Gasteiger partial charge in [0.15, 0.2) is 0 Å². The molecule has 2 heterocycles. The van der Waals surface area contributed by atoms with Crippen LogP contribution in [0.3, 0.4) is 0 Å². The molecule has 2 rings (SSSR count). The molecule has 0 amide bonds. The van der Waals surface area contributed by atoms with Crippen LogP contribution in [-0.2, 0) is 0 Å². The van der Waals surface area contributed by atoms with Crippen molar-refractivity contribution in [2.24, 2.45) is 5.92 Å². The standard InChI is InChI=1S/C15H25NO2/c1-12(2)7-9-16-8-3-5-13(16)11-14(17)15-6-4-10-18-15/h4,6,10,12-14,17H,3,5,7-9,11H2,1-2H3. The van der Waals surface area contributed by atoms with Crippen LogP contribution in [-0.4, -0.2) is 29.1 Å². The minimum absolute atomic E-state index is 0.454. The van der Waals surface area contributed by atoms with Crippen molar-refractivity contribution in [2.75, 3.05) is 13.1 Å². The van der Waals surface area contributed by atoms with Crippen LogP contribution in [0.4, 0.5) is 0 Å². The summed E-state index contributed by atoms with van der Waals surface area (Å²) < 4.78 is 5.27. The Morgan fingerprint density at radius 3 is 3.00 bits per heavy atom. The lowest BCUT2D eigenvalue weighted by atomic mass is 10.0. The topological polar surface area (TPSA) is 36.6 Å². The van der Waals surface area contributed by atoms with Gasteiger partial charge in [0.2, 0.25) is 0 Å². The van der Waals surface area contributed by atoms with Crippen molar-refractivity contribution >= 4 is 0 Å². The molecule has 0 spiro atoms. The van der Waals surface area contributed by atoms with Gasteiger partial charge in [-0.25, -0.2) is 0 Å². The number of hydrogen-bond donors (Lipinski definition) is 1. The summed E-state index contributed by atoms with van der Waals surface area (Å²) in [4.78, 5) is 2.53. The zero-order valence-electron chi connectivity index (χ0n) is 11.5. The van der Waals surface area contributed by atoms with Crippen molar-refractivity contribution < 1.29 is 9.52 Å². The van der Waals surface area contributed by atoms with Gasteiger partial charge in [-0.05, 0) is 56.8 Å². The van der Waals surface area contributed by atoms with Gasteiger partial charge in [-0.15, -0.1) is 0 Å². The number of aliphatic hydroxyl groups excluding tert-OH is 1. The maximum absolute atomic E-state index is 10.1. The molecule has 102 valence electrons. The Bertz CT molecular complexity index is 334. The maximum Gasteiger partial charge on any atom is 0.132 e. The van der Waals surface area contributed by atoms with E-state index in [-0.39, 0.29) is 0 Å². The molecule has 0 radical (unpaired) electrons. The van der Waals surface area contributed by atoms with E-state index < -0.39 is 6.10 Å². The van der Waals surface area contributed by atoms with E-state index in [9.17, 15) is 5.11 Å². The summed E-state index contributed by atoms with van der Waals surface area (Å²) in [6.07, 6.45) is 5.68. The van der Waals surface area contributed by atoms with Crippen LogP contribution in [0, 0.1) is 5.92 Å². The Morgan fingerprint density at radius 1 is 1.50 bits per heavy atom. The second-order valence-electron chi connectivity index (χ2n) is 5.78. The Morgan fingerprint density at radius 2 is 2.33 bits per heavy atom. The quantitative estimate of drug-likeness (QED) is 0.843. The van der Waals surface area contributed by atoms with E-state index in [1.165, 1.54) is 25.8 Å². The van der Waals surface area contributed by atoms with E-state index in [4.69, 9.17) is 4.42 Å². The first-order chi connectivity index (χ1) is 8.66. The number of furan rings is 1. The smallest absolute Gasteiger partial charge is 0.132 e. The Hall–Kier alpha value is -0.800. The summed E-state index contributed by atoms with van der Waals surface area (Å²) in [5, 5.41) is 10.1. The molecule has 3 nitrogen and oxygen atoms in total. The molecule has 0 saturated carbocycles. The van der Waals surface area contributed by atoms with E-state index in [0.29, 0.717) is 11.8 Å². The van der Waals surface area contributed by atoms with E-state index in [1.54, 1.807) is 6.26 Å². The van der Waals surface area contributed by atoms with Crippen molar-refractivity contribution in [3.05, 3.63) is 24.2 Å². The van der Waals surface area contributed by atoms with Gasteiger partial charge >= 0.3 is 0 Å². The molecule has 1 saturated heterocycles. The summed E-state index contributed by atoms with van der Waals surface area (Å²) >= 11 is 0. The number of hydrogen-bond acceptors (Lipinski definition) is 3. The predicted octanol–water partition coefficient (Wildman–Crippen LogP) is 3.21. The first-order valence-corrected chi connectivity index (χ1v) is 7.12. The molecule has 3 heteroatoms. The zero-order valence-corrected chi connectivity index (χ0v) is 11.5. The minimum Gasteiger partial charge on any atom is -0.467 e. The molecular formula is C15H25NO2. The Labute approximate surface area is 110 Å². The second kappa shape index (κ2) is 6.39. The molecule has 0 aromatic carbocycles. The van der Waals surface area contributed by atoms with Gasteiger partial charge in [0.1, 0.15) is 11.9 Å². The van der Waals surface area contributed by atoms with Crippen molar-refractivity contribution in [1.29, 1.82) is 0 Å². The average Bonchev–Trinajstić information content (AvgIpc) is 2.97. The molecule has 18 heavy (non-hydrogen) atoms. The highest BCUT2D eigenvalue weighted by Crippen LogP contribution is 2.27. The van der Waals surface area contributed by atoms with Crippen molar-refractivity contribution in [2.45, 2.75) is 51.7 Å². The van der Waals surface area contributed by atoms with Crippen LogP contribution in [0.1, 0.15) is 51.4 Å². The number of aliphatic hydroxyl groups is 1. The third kappa shape index (κ3) is 3.59. The highest BCUT2D eigenvalue weighted by molar-refractivity contribution is 5.02. The third-order valence-corrected chi connectivity index (χ3v) is 3.86. The lowest BCUT2D eigenvalue weighted by molar-refractivity contribution is 0.100. The molecule has 1 aromatic rings. The van der Waals surface area contributed by atoms with Crippen LogP contribution in [0.15, 0.2) is 22.8 Å². The highest BCUT2D eigenvalue weighted by Gasteiger charge is 2.27. The molecule has 1 aliphatic rings. The molecule has 1 fully saturated rings. The van der Waals surface area contributed by atoms with Crippen molar-refractivity contribution in [1.82, 2.24) is 4.90 Å². The van der Waals surface area contributed by atoms with Crippen molar-refractivity contribution in [3.63, 3.8) is 0 Å². The zero-order chi connectivity index (χ0) is 13.0. The molecule has 0 aliphatic carbocycles. The monoisotopic (exact) mass is 251 g/mol. The number of nitrogens with zero attached hydrogens (tertiary/aromatic N) is 1. The molecule has 1 aromatic heterocycles. The first kappa shape index (κ1) is 13.6. The highest BCUT2D eigenvalue weighted by atomic mass is 16.4. The third-order valence-electron chi connectivity index (χ3n) is 3.86. The van der Waals surface area contributed by atoms with E-state index in [0.717, 1.165) is 18.9 Å². The Balaban J connectivity index is 1.84. The van der Waals surface area contributed by atoms with Crippen LogP contribution in [0.25, 0.3) is 0 Å². The molecule has 0 bridgehead atoms. The lowest BCUT2D eigenvalue weighted by Gasteiger charge is -2.26. The molecule has 2 atom stereocenters. The van der Waals surface area contributed by atoms with Gasteiger partial charge in [0.05, 0.1) is 6.26 Å². The summed E-state index contributed by atoms with van der Waals surface area (Å²) in [6.45, 7) is 6.88. The fourth-order valence-corrected chi connectivity index (χ4v) is 2.74. The van der Waals surface area contributed by atoms with Gasteiger partial charge in [0, 0.05) is 6.04 Å². The van der Waals surface area contributed by atoms with Crippen molar-refractivity contribution in [3.8, 4) is 0 Å². The normalized spacial score (nSPS) is 22.8. The molecular weight excluding hydrogens is 226 g/mol. The van der Waals surface area contributed by atoms with Gasteiger partial charge in [-0.3, -0.25) is 0 Å². The lowest BCUT2D eigenvalue weighted by Crippen LogP contribution is -2.32. The number of rotatable bonds is 6. The SMILES string of the molecule is CC(C)CCN1CCCC1CC(O)c1ccco1. The van der Waals surface area contributed by atoms with Crippen LogP contribution in [0.5, 0.6) is 0 Å². The van der Waals surface area contributed by atoms with Gasteiger partial charge in [-0.1, -0.05) is 13.8 Å². The summed E-state index contributed by atoms with van der Waals surface area (Å²) in [5.74, 6) is 1.45. The van der Waals surface area contributed by atoms with Gasteiger partial charge < -0.3 is 14.4 Å². The van der Waals surface area contributed by atoms with Gasteiger partial charge in [-0.2, -0.15) is 0 Å². The molecule has 1 aliphatic heterocycles. The predicted molar refractivity (Wildman–Crippen MR) is 72.3 cm³/mol. The summed E-state index contributed by atoms with van der Waals surface area (Å²) in [6, 6.07) is 4.21. The minimum atomic E-state index is -0.454. The van der Waals surface area contributed by atoms with E-state index in [2.05, 4.69) is 18.7 Å². The van der Waals surface area contributed by atoms with Crippen LogP contribution in [0.2, 0.25) is 0 Å². The largest absolute Gasteiger partial charge is 0.467 e. The maximum atomic E-state index is 10.1. The second-order valence-corrected chi connectivity index (χ2v) is 5.78. The molecule has 2 unspecified atom stereocenters. The van der Waals surface area contributed by atoms with E-state index in [1.807, 2.05) is 12.1 Å². The Kier molecular flexibility index (Phi) is 4.84. The average molecular weight is 251 g/mol. The summed E-state index contributed by atoms with van der Waals surface area (Å²) in [5.41, 5.74) is 0. The fraction of sp³-hybridized carbons (Fsp3) is 0.733. The number of likely N-dealkylation sites (tertiary alicyclic amines) is 1. The van der Waals surface area contributed by atoms with E-state index >= 15 is 0 Å².